The number of furan rings is 1. The van der Waals surface area contributed by atoms with Gasteiger partial charge in [-0.15, -0.1) is 0 Å². The molecule has 0 aliphatic carbocycles. The molecule has 0 radical (unpaired) electrons. The number of nitrogens with zero attached hydrogens (tertiary/aromatic N) is 2. The van der Waals surface area contributed by atoms with E-state index in [2.05, 4.69) is 31.2 Å². The number of rotatable bonds is 4. The number of nitro groups is 1. The van der Waals surface area contributed by atoms with Crippen LogP contribution in [0.15, 0.2) is 40.8 Å². The number of likely N-dealkylation sites (tertiary alicyclic amines) is 1. The Morgan fingerprint density at radius 3 is 2.59 bits per heavy atom. The van der Waals surface area contributed by atoms with Gasteiger partial charge < -0.3 is 14.1 Å². The van der Waals surface area contributed by atoms with E-state index >= 15 is 0 Å². The lowest BCUT2D eigenvalue weighted by Gasteiger charge is -2.46. The van der Waals surface area contributed by atoms with Crippen LogP contribution in [0.1, 0.15) is 47.4 Å². The minimum Gasteiger partial charge on any atom is -0.395 e. The van der Waals surface area contributed by atoms with E-state index in [0.29, 0.717) is 19.0 Å². The van der Waals surface area contributed by atoms with Crippen molar-refractivity contribution in [3.05, 3.63) is 63.4 Å². The van der Waals surface area contributed by atoms with E-state index in [9.17, 15) is 14.9 Å². The number of amides is 1. The highest BCUT2D eigenvalue weighted by Gasteiger charge is 2.41. The van der Waals surface area contributed by atoms with Gasteiger partial charge in [0.05, 0.1) is 11.7 Å². The van der Waals surface area contributed by atoms with E-state index in [1.807, 2.05) is 0 Å². The summed E-state index contributed by atoms with van der Waals surface area (Å²) >= 11 is 0. The monoisotopic (exact) mass is 398 g/mol. The van der Waals surface area contributed by atoms with Crippen LogP contribution in [0.5, 0.6) is 0 Å². The number of carbonyl (C=O) groups excluding carboxylic acids is 1. The molecular formula is C22H26N2O5. The lowest BCUT2D eigenvalue weighted by atomic mass is 9.77. The van der Waals surface area contributed by atoms with Crippen LogP contribution in [0, 0.1) is 23.0 Å². The first kappa shape index (κ1) is 19.6. The van der Waals surface area contributed by atoms with Crippen LogP contribution in [0.4, 0.5) is 5.88 Å². The van der Waals surface area contributed by atoms with Crippen molar-refractivity contribution in [2.45, 2.75) is 44.6 Å². The van der Waals surface area contributed by atoms with Crippen LogP contribution in [0.3, 0.4) is 0 Å². The summed E-state index contributed by atoms with van der Waals surface area (Å²) in [5, 5.41) is 10.8. The summed E-state index contributed by atoms with van der Waals surface area (Å²) < 4.78 is 11.3. The second-order valence-electron chi connectivity index (χ2n) is 8.27. The number of piperidine rings is 1. The summed E-state index contributed by atoms with van der Waals surface area (Å²) in [5.74, 6) is -0.0905. The highest BCUT2D eigenvalue weighted by atomic mass is 16.6. The fourth-order valence-corrected chi connectivity index (χ4v) is 4.52. The Labute approximate surface area is 169 Å². The van der Waals surface area contributed by atoms with E-state index < -0.39 is 10.8 Å². The summed E-state index contributed by atoms with van der Waals surface area (Å²) in [6.45, 7) is 4.01. The number of hydrogen-bond donors (Lipinski definition) is 0. The van der Waals surface area contributed by atoms with Crippen LogP contribution in [-0.4, -0.2) is 41.0 Å². The summed E-state index contributed by atoms with van der Waals surface area (Å²) in [6, 6.07) is 11.3. The van der Waals surface area contributed by atoms with Gasteiger partial charge in [-0.1, -0.05) is 29.8 Å². The molecule has 1 unspecified atom stereocenters. The maximum absolute atomic E-state index is 12.6. The molecule has 2 aliphatic heterocycles. The Bertz CT molecular complexity index is 881. The van der Waals surface area contributed by atoms with Crippen molar-refractivity contribution in [1.29, 1.82) is 0 Å². The summed E-state index contributed by atoms with van der Waals surface area (Å²) in [4.78, 5) is 24.4. The number of hydrogen-bond acceptors (Lipinski definition) is 5. The van der Waals surface area contributed by atoms with Crippen molar-refractivity contribution in [1.82, 2.24) is 4.90 Å². The Balaban J connectivity index is 1.35. The van der Waals surface area contributed by atoms with Crippen LogP contribution in [-0.2, 0) is 11.2 Å². The predicted octanol–water partition coefficient (Wildman–Crippen LogP) is 4.14. The molecule has 1 spiro atoms. The van der Waals surface area contributed by atoms with E-state index in [4.69, 9.17) is 9.15 Å². The Morgan fingerprint density at radius 2 is 1.93 bits per heavy atom. The third kappa shape index (κ3) is 4.34. The maximum atomic E-state index is 12.6. The lowest BCUT2D eigenvalue weighted by molar-refractivity contribution is -0.402. The number of carbonyl (C=O) groups is 1. The SMILES string of the molecule is Cc1ccc(CC2CCOC3(CCN(C(=O)c4ccc([N+](=O)[O-])o4)CC3)C2)cc1. The lowest BCUT2D eigenvalue weighted by Crippen LogP contribution is -2.51. The molecule has 0 N–H and O–H groups in total. The first-order valence-corrected chi connectivity index (χ1v) is 10.2. The normalized spacial score (nSPS) is 21.3. The molecule has 154 valence electrons. The molecule has 7 heteroatoms. The zero-order valence-corrected chi connectivity index (χ0v) is 16.6. The second kappa shape index (κ2) is 7.99. The zero-order valence-electron chi connectivity index (χ0n) is 16.6. The maximum Gasteiger partial charge on any atom is 0.433 e. The van der Waals surface area contributed by atoms with E-state index in [1.165, 1.54) is 23.3 Å². The molecule has 2 aromatic rings. The van der Waals surface area contributed by atoms with Crippen LogP contribution >= 0.6 is 0 Å². The predicted molar refractivity (Wildman–Crippen MR) is 107 cm³/mol. The van der Waals surface area contributed by atoms with Gasteiger partial charge in [0, 0.05) is 19.7 Å². The molecule has 7 nitrogen and oxygen atoms in total. The minimum atomic E-state index is -0.633. The molecule has 2 fully saturated rings. The van der Waals surface area contributed by atoms with Crippen LogP contribution in [0.25, 0.3) is 0 Å². The topological polar surface area (TPSA) is 85.8 Å². The third-order valence-corrected chi connectivity index (χ3v) is 6.18. The van der Waals surface area contributed by atoms with Crippen LogP contribution in [0.2, 0.25) is 0 Å². The number of aryl methyl sites for hydroxylation is 1. The molecule has 4 rings (SSSR count). The van der Waals surface area contributed by atoms with Gasteiger partial charge in [0.15, 0.2) is 5.76 Å². The molecular weight excluding hydrogens is 372 g/mol. The summed E-state index contributed by atoms with van der Waals surface area (Å²) in [7, 11) is 0. The van der Waals surface area contributed by atoms with E-state index in [-0.39, 0.29) is 17.3 Å². The van der Waals surface area contributed by atoms with Gasteiger partial charge in [-0.3, -0.25) is 14.9 Å². The average molecular weight is 398 g/mol. The summed E-state index contributed by atoms with van der Waals surface area (Å²) in [5.41, 5.74) is 2.47. The first-order chi connectivity index (χ1) is 13.9. The Hall–Kier alpha value is -2.67. The Morgan fingerprint density at radius 1 is 1.21 bits per heavy atom. The molecule has 1 aromatic carbocycles. The Kier molecular flexibility index (Phi) is 5.41. The molecule has 1 aromatic heterocycles. The molecule has 1 amide bonds. The van der Waals surface area contributed by atoms with Gasteiger partial charge in [-0.25, -0.2) is 0 Å². The fourth-order valence-electron chi connectivity index (χ4n) is 4.52. The van der Waals surface area contributed by atoms with Gasteiger partial charge in [0.1, 0.15) is 4.92 Å². The standard InChI is InChI=1S/C22H26N2O5/c1-16-2-4-17(5-3-16)14-18-8-13-28-22(15-18)9-11-23(12-10-22)21(25)19-6-7-20(29-19)24(26)27/h2-7,18H,8-15H2,1H3. The number of benzene rings is 1. The molecule has 2 saturated heterocycles. The average Bonchev–Trinajstić information content (AvgIpc) is 3.21. The highest BCUT2D eigenvalue weighted by molar-refractivity contribution is 5.91. The van der Waals surface area contributed by atoms with Gasteiger partial charge in [0.2, 0.25) is 0 Å². The highest BCUT2D eigenvalue weighted by Crippen LogP contribution is 2.39. The first-order valence-electron chi connectivity index (χ1n) is 10.2. The third-order valence-electron chi connectivity index (χ3n) is 6.18. The van der Waals surface area contributed by atoms with Gasteiger partial charge in [-0.2, -0.15) is 0 Å². The van der Waals surface area contributed by atoms with E-state index in [1.54, 1.807) is 4.90 Å². The van der Waals surface area contributed by atoms with Crippen molar-refractivity contribution >= 4 is 11.8 Å². The van der Waals surface area contributed by atoms with Gasteiger partial charge >= 0.3 is 5.88 Å². The molecule has 2 aliphatic rings. The summed E-state index contributed by atoms with van der Waals surface area (Å²) in [6.07, 6.45) is 4.70. The van der Waals surface area contributed by atoms with Gasteiger partial charge in [0.25, 0.3) is 5.91 Å². The van der Waals surface area contributed by atoms with Crippen molar-refractivity contribution in [2.75, 3.05) is 19.7 Å². The van der Waals surface area contributed by atoms with Crippen molar-refractivity contribution < 1.29 is 18.9 Å². The zero-order chi connectivity index (χ0) is 20.4. The second-order valence-corrected chi connectivity index (χ2v) is 8.27. The molecule has 29 heavy (non-hydrogen) atoms. The van der Waals surface area contributed by atoms with Crippen molar-refractivity contribution in [3.63, 3.8) is 0 Å². The molecule has 0 bridgehead atoms. The number of ether oxygens (including phenoxy) is 1. The van der Waals surface area contributed by atoms with E-state index in [0.717, 1.165) is 38.7 Å². The molecule has 3 heterocycles. The smallest absolute Gasteiger partial charge is 0.395 e. The van der Waals surface area contributed by atoms with Crippen molar-refractivity contribution in [2.24, 2.45) is 5.92 Å². The molecule has 1 atom stereocenters. The largest absolute Gasteiger partial charge is 0.433 e. The van der Waals surface area contributed by atoms with Gasteiger partial charge in [-0.05, 0) is 56.6 Å². The van der Waals surface area contributed by atoms with Crippen LogP contribution < -0.4 is 0 Å². The van der Waals surface area contributed by atoms with Crippen molar-refractivity contribution in [3.8, 4) is 0 Å². The fraction of sp³-hybridized carbons (Fsp3) is 0.500. The minimum absolute atomic E-state index is 0.0226. The molecule has 0 saturated carbocycles. The quantitative estimate of drug-likeness (QED) is 0.571.